The van der Waals surface area contributed by atoms with Crippen LogP contribution in [-0.2, 0) is 4.79 Å². The van der Waals surface area contributed by atoms with Crippen LogP contribution in [0, 0.1) is 6.92 Å². The fourth-order valence-corrected chi connectivity index (χ4v) is 2.04. The second-order valence-corrected chi connectivity index (χ2v) is 5.36. The zero-order valence-electron chi connectivity index (χ0n) is 12.0. The molecule has 0 bridgehead atoms. The Morgan fingerprint density at radius 2 is 2.14 bits per heavy atom. The number of amides is 1. The lowest BCUT2D eigenvalue weighted by Crippen LogP contribution is -2.33. The van der Waals surface area contributed by atoms with Gasteiger partial charge in [-0.25, -0.2) is 5.43 Å². The van der Waals surface area contributed by atoms with E-state index in [9.17, 15) is 4.79 Å². The number of nitrogens with zero attached hydrogens (tertiary/aromatic N) is 1. The maximum Gasteiger partial charge on any atom is 0.280 e. The molecule has 1 aromatic carbocycles. The minimum absolute atomic E-state index is 0.335. The van der Waals surface area contributed by atoms with Crippen LogP contribution in [0.3, 0.4) is 0 Å². The van der Waals surface area contributed by atoms with E-state index in [0.29, 0.717) is 21.6 Å². The number of nitrogens with one attached hydrogen (secondary N) is 1. The van der Waals surface area contributed by atoms with Gasteiger partial charge < -0.3 is 9.15 Å². The molecule has 5 nitrogen and oxygen atoms in total. The third-order valence-corrected chi connectivity index (χ3v) is 3.23. The summed E-state index contributed by atoms with van der Waals surface area (Å²) in [5.41, 5.74) is 2.37. The van der Waals surface area contributed by atoms with Crippen LogP contribution in [0.5, 0.6) is 5.75 Å². The summed E-state index contributed by atoms with van der Waals surface area (Å²) in [6, 6.07) is 8.32. The van der Waals surface area contributed by atoms with Crippen LogP contribution in [0.4, 0.5) is 0 Å². The molecule has 0 fully saturated rings. The van der Waals surface area contributed by atoms with Crippen LogP contribution >= 0.6 is 23.2 Å². The van der Waals surface area contributed by atoms with Gasteiger partial charge in [-0.15, -0.1) is 0 Å². The lowest BCUT2D eigenvalue weighted by Gasteiger charge is -2.14. The lowest BCUT2D eigenvalue weighted by molar-refractivity contribution is -0.127. The minimum atomic E-state index is -0.769. The molecule has 0 aliphatic carbocycles. The minimum Gasteiger partial charge on any atom is -0.479 e. The van der Waals surface area contributed by atoms with E-state index < -0.39 is 12.0 Å². The molecule has 0 aliphatic rings. The number of halogens is 2. The molecule has 0 saturated heterocycles. The number of aryl methyl sites for hydroxylation is 1. The number of hydrazone groups is 1. The van der Waals surface area contributed by atoms with Crippen molar-refractivity contribution in [3.63, 3.8) is 0 Å². The number of furan rings is 1. The van der Waals surface area contributed by atoms with E-state index in [1.807, 2.05) is 6.92 Å². The van der Waals surface area contributed by atoms with Crippen LogP contribution in [-0.4, -0.2) is 18.2 Å². The van der Waals surface area contributed by atoms with Gasteiger partial charge in [0.05, 0.1) is 11.2 Å². The standard InChI is InChI=1S/C15H14Cl2N2O3/c1-9-3-5-12(21-9)8-18-19-15(20)10(2)22-14-6-4-11(16)7-13(14)17/h3-8,10H,1-2H3,(H,19,20). The molecule has 1 heterocycles. The van der Waals surface area contributed by atoms with Crippen molar-refractivity contribution < 1.29 is 13.9 Å². The van der Waals surface area contributed by atoms with Crippen molar-refractivity contribution in [3.8, 4) is 5.75 Å². The summed E-state index contributed by atoms with van der Waals surface area (Å²) in [5.74, 6) is 1.28. The predicted molar refractivity (Wildman–Crippen MR) is 85.7 cm³/mol. The fourth-order valence-electron chi connectivity index (χ4n) is 1.59. The molecule has 0 aliphatic heterocycles. The van der Waals surface area contributed by atoms with Gasteiger partial charge in [-0.3, -0.25) is 4.79 Å². The highest BCUT2D eigenvalue weighted by Crippen LogP contribution is 2.28. The van der Waals surface area contributed by atoms with Crippen molar-refractivity contribution in [2.75, 3.05) is 0 Å². The molecule has 0 radical (unpaired) electrons. The molecule has 1 aromatic heterocycles. The third-order valence-electron chi connectivity index (χ3n) is 2.69. The zero-order valence-corrected chi connectivity index (χ0v) is 13.5. The number of hydrogen-bond acceptors (Lipinski definition) is 4. The van der Waals surface area contributed by atoms with Gasteiger partial charge in [0, 0.05) is 5.02 Å². The quantitative estimate of drug-likeness (QED) is 0.664. The summed E-state index contributed by atoms with van der Waals surface area (Å²) in [6.45, 7) is 3.41. The number of benzene rings is 1. The first kappa shape index (κ1) is 16.4. The van der Waals surface area contributed by atoms with E-state index in [4.69, 9.17) is 32.4 Å². The monoisotopic (exact) mass is 340 g/mol. The molecule has 0 saturated carbocycles. The van der Waals surface area contributed by atoms with E-state index in [-0.39, 0.29) is 0 Å². The van der Waals surface area contributed by atoms with Crippen molar-refractivity contribution in [1.29, 1.82) is 0 Å². The lowest BCUT2D eigenvalue weighted by atomic mass is 10.3. The third kappa shape index (κ3) is 4.51. The van der Waals surface area contributed by atoms with Gasteiger partial charge >= 0.3 is 0 Å². The van der Waals surface area contributed by atoms with Crippen LogP contribution in [0.15, 0.2) is 39.9 Å². The maximum atomic E-state index is 11.9. The summed E-state index contributed by atoms with van der Waals surface area (Å²) in [5, 5.41) is 4.63. The molecule has 2 aromatic rings. The molecule has 1 atom stereocenters. The average molecular weight is 341 g/mol. The highest BCUT2D eigenvalue weighted by atomic mass is 35.5. The Morgan fingerprint density at radius 3 is 2.77 bits per heavy atom. The zero-order chi connectivity index (χ0) is 16.1. The molecule has 2 rings (SSSR count). The van der Waals surface area contributed by atoms with Crippen molar-refractivity contribution in [3.05, 3.63) is 51.9 Å². The summed E-state index contributed by atoms with van der Waals surface area (Å²) < 4.78 is 10.8. The van der Waals surface area contributed by atoms with E-state index in [2.05, 4.69) is 10.5 Å². The van der Waals surface area contributed by atoms with Gasteiger partial charge in [-0.1, -0.05) is 23.2 Å². The molecule has 0 spiro atoms. The van der Waals surface area contributed by atoms with E-state index in [0.717, 1.165) is 5.76 Å². The number of hydrogen-bond donors (Lipinski definition) is 1. The normalized spacial score (nSPS) is 12.4. The van der Waals surface area contributed by atoms with Crippen LogP contribution < -0.4 is 10.2 Å². The molecular formula is C15H14Cl2N2O3. The number of rotatable bonds is 5. The van der Waals surface area contributed by atoms with E-state index in [1.165, 1.54) is 6.21 Å². The SMILES string of the molecule is Cc1ccc(C=NNC(=O)C(C)Oc2ccc(Cl)cc2Cl)o1. The molecule has 116 valence electrons. The van der Waals surface area contributed by atoms with Crippen molar-refractivity contribution in [2.45, 2.75) is 20.0 Å². The van der Waals surface area contributed by atoms with Gasteiger partial charge in [0.25, 0.3) is 5.91 Å². The van der Waals surface area contributed by atoms with Crippen LogP contribution in [0.2, 0.25) is 10.0 Å². The number of carbonyl (C=O) groups is 1. The second kappa shape index (κ2) is 7.33. The molecule has 22 heavy (non-hydrogen) atoms. The highest BCUT2D eigenvalue weighted by Gasteiger charge is 2.15. The molecule has 1 unspecified atom stereocenters. The molecule has 7 heteroatoms. The maximum absolute atomic E-state index is 11.9. The Morgan fingerprint density at radius 1 is 1.36 bits per heavy atom. The highest BCUT2D eigenvalue weighted by molar-refractivity contribution is 6.35. The smallest absolute Gasteiger partial charge is 0.280 e. The van der Waals surface area contributed by atoms with Crippen molar-refractivity contribution in [2.24, 2.45) is 5.10 Å². The number of carbonyl (C=O) groups excluding carboxylic acids is 1. The predicted octanol–water partition coefficient (Wildman–Crippen LogP) is 3.81. The van der Waals surface area contributed by atoms with Crippen molar-refractivity contribution >= 4 is 35.3 Å². The Hall–Kier alpha value is -1.98. The van der Waals surface area contributed by atoms with E-state index in [1.54, 1.807) is 37.3 Å². The van der Waals surface area contributed by atoms with Gasteiger partial charge in [-0.05, 0) is 44.2 Å². The van der Waals surface area contributed by atoms with E-state index >= 15 is 0 Å². The molecular weight excluding hydrogens is 327 g/mol. The summed E-state index contributed by atoms with van der Waals surface area (Å²) in [7, 11) is 0. The Bertz CT molecular complexity index is 698. The second-order valence-electron chi connectivity index (χ2n) is 4.52. The molecule has 1 amide bonds. The van der Waals surface area contributed by atoms with Crippen LogP contribution in [0.25, 0.3) is 0 Å². The Balaban J connectivity index is 1.90. The summed E-state index contributed by atoms with van der Waals surface area (Å²) in [4.78, 5) is 11.9. The Labute approximate surface area is 137 Å². The first-order chi connectivity index (χ1) is 10.5. The first-order valence-corrected chi connectivity index (χ1v) is 7.22. The number of ether oxygens (including phenoxy) is 1. The summed E-state index contributed by atoms with van der Waals surface area (Å²) in [6.07, 6.45) is 0.640. The van der Waals surface area contributed by atoms with Gasteiger partial charge in [0.15, 0.2) is 6.10 Å². The largest absolute Gasteiger partial charge is 0.479 e. The van der Waals surface area contributed by atoms with Crippen molar-refractivity contribution in [1.82, 2.24) is 5.43 Å². The van der Waals surface area contributed by atoms with Crippen LogP contribution in [0.1, 0.15) is 18.4 Å². The Kier molecular flexibility index (Phi) is 5.46. The fraction of sp³-hybridized carbons (Fsp3) is 0.200. The van der Waals surface area contributed by atoms with Gasteiger partial charge in [-0.2, -0.15) is 5.10 Å². The first-order valence-electron chi connectivity index (χ1n) is 6.47. The molecule has 1 N–H and O–H groups in total. The van der Waals surface area contributed by atoms with Gasteiger partial charge in [0.2, 0.25) is 0 Å². The van der Waals surface area contributed by atoms with Gasteiger partial charge in [0.1, 0.15) is 17.3 Å². The topological polar surface area (TPSA) is 63.8 Å². The summed E-state index contributed by atoms with van der Waals surface area (Å²) >= 11 is 11.8. The average Bonchev–Trinajstić information content (AvgIpc) is 2.87.